The van der Waals surface area contributed by atoms with E-state index in [-0.39, 0.29) is 5.95 Å². The zero-order valence-corrected chi connectivity index (χ0v) is 10.6. The third-order valence-corrected chi connectivity index (χ3v) is 3.12. The summed E-state index contributed by atoms with van der Waals surface area (Å²) in [6.45, 7) is 0. The lowest BCUT2D eigenvalue weighted by atomic mass is 10.4. The van der Waals surface area contributed by atoms with Gasteiger partial charge in [0.25, 0.3) is 0 Å². The van der Waals surface area contributed by atoms with Crippen molar-refractivity contribution in [2.75, 3.05) is 12.8 Å². The first-order valence-corrected chi connectivity index (χ1v) is 5.99. The van der Waals surface area contributed by atoms with Crippen LogP contribution < -0.4 is 10.5 Å². The van der Waals surface area contributed by atoms with Crippen LogP contribution in [0.4, 0.5) is 5.95 Å². The molecule has 0 aliphatic rings. The highest BCUT2D eigenvalue weighted by Crippen LogP contribution is 2.29. The Morgan fingerprint density at radius 3 is 2.59 bits per heavy atom. The Kier molecular flexibility index (Phi) is 3.71. The van der Waals surface area contributed by atoms with Gasteiger partial charge < -0.3 is 10.5 Å². The number of hydrogen-bond acceptors (Lipinski definition) is 5. The average Bonchev–Trinajstić information content (AvgIpc) is 2.31. The molecule has 1 aromatic heterocycles. The van der Waals surface area contributed by atoms with E-state index in [1.807, 2.05) is 24.3 Å². The number of benzene rings is 1. The Morgan fingerprint density at radius 2 is 1.94 bits per heavy atom. The van der Waals surface area contributed by atoms with E-state index in [2.05, 4.69) is 9.97 Å². The Labute approximate surface area is 108 Å². The van der Waals surface area contributed by atoms with Gasteiger partial charge >= 0.3 is 0 Å². The predicted octanol–water partition coefficient (Wildman–Crippen LogP) is 2.87. The summed E-state index contributed by atoms with van der Waals surface area (Å²) in [6.07, 6.45) is 0. The molecule has 6 heteroatoms. The highest BCUT2D eigenvalue weighted by Gasteiger charge is 2.04. The van der Waals surface area contributed by atoms with Crippen molar-refractivity contribution >= 4 is 29.3 Å². The van der Waals surface area contributed by atoms with Gasteiger partial charge in [0.15, 0.2) is 0 Å². The van der Waals surface area contributed by atoms with Crippen LogP contribution in [0.25, 0.3) is 0 Å². The summed E-state index contributed by atoms with van der Waals surface area (Å²) >= 11 is 7.28. The lowest BCUT2D eigenvalue weighted by Gasteiger charge is -2.04. The molecule has 0 aliphatic carbocycles. The molecule has 0 unspecified atom stereocenters. The van der Waals surface area contributed by atoms with E-state index in [1.54, 1.807) is 13.2 Å². The summed E-state index contributed by atoms with van der Waals surface area (Å²) in [5.41, 5.74) is 5.58. The first-order chi connectivity index (χ1) is 8.17. The molecule has 1 heterocycles. The van der Waals surface area contributed by atoms with E-state index < -0.39 is 0 Å². The highest BCUT2D eigenvalue weighted by atomic mass is 35.5. The number of ether oxygens (including phenoxy) is 1. The molecular weight excluding hydrogens is 258 g/mol. The van der Waals surface area contributed by atoms with Gasteiger partial charge in [-0.15, -0.1) is 0 Å². The molecule has 2 N–H and O–H groups in total. The van der Waals surface area contributed by atoms with Crippen molar-refractivity contribution in [2.45, 2.75) is 9.92 Å². The van der Waals surface area contributed by atoms with E-state index in [4.69, 9.17) is 22.1 Å². The van der Waals surface area contributed by atoms with Crippen LogP contribution in [0.15, 0.2) is 40.3 Å². The molecule has 17 heavy (non-hydrogen) atoms. The summed E-state index contributed by atoms with van der Waals surface area (Å²) in [7, 11) is 1.54. The number of nitrogen functional groups attached to an aromatic ring is 1. The Balaban J connectivity index is 2.23. The van der Waals surface area contributed by atoms with E-state index >= 15 is 0 Å². The van der Waals surface area contributed by atoms with Gasteiger partial charge in [-0.3, -0.25) is 0 Å². The van der Waals surface area contributed by atoms with Crippen LogP contribution in [0.3, 0.4) is 0 Å². The molecule has 2 rings (SSSR count). The Bertz CT molecular complexity index is 519. The van der Waals surface area contributed by atoms with Crippen molar-refractivity contribution in [1.29, 1.82) is 0 Å². The SMILES string of the molecule is COc1cc(Sc2ccc(Cl)cc2)nc(N)n1. The van der Waals surface area contributed by atoms with E-state index in [0.717, 1.165) is 9.92 Å². The molecule has 0 atom stereocenters. The molecule has 0 bridgehead atoms. The molecule has 4 nitrogen and oxygen atoms in total. The number of rotatable bonds is 3. The Morgan fingerprint density at radius 1 is 1.24 bits per heavy atom. The van der Waals surface area contributed by atoms with Crippen LogP contribution in [0, 0.1) is 0 Å². The first-order valence-electron chi connectivity index (χ1n) is 4.79. The third-order valence-electron chi connectivity index (χ3n) is 1.94. The topological polar surface area (TPSA) is 61.0 Å². The lowest BCUT2D eigenvalue weighted by Crippen LogP contribution is -1.98. The Hall–Kier alpha value is -1.46. The molecule has 0 fully saturated rings. The summed E-state index contributed by atoms with van der Waals surface area (Å²) in [5.74, 6) is 0.648. The molecular formula is C11H10ClN3OS. The normalized spacial score (nSPS) is 10.2. The lowest BCUT2D eigenvalue weighted by molar-refractivity contribution is 0.396. The van der Waals surface area contributed by atoms with Crippen LogP contribution in [0.1, 0.15) is 0 Å². The molecule has 88 valence electrons. The number of anilines is 1. The summed E-state index contributed by atoms with van der Waals surface area (Å²) in [6, 6.07) is 9.21. The van der Waals surface area contributed by atoms with Crippen molar-refractivity contribution < 1.29 is 4.74 Å². The molecule has 0 saturated carbocycles. The van der Waals surface area contributed by atoms with Gasteiger partial charge in [0.05, 0.1) is 7.11 Å². The van der Waals surface area contributed by atoms with E-state index in [9.17, 15) is 0 Å². The second kappa shape index (κ2) is 5.25. The van der Waals surface area contributed by atoms with E-state index in [0.29, 0.717) is 10.9 Å². The van der Waals surface area contributed by atoms with Crippen LogP contribution in [0.2, 0.25) is 5.02 Å². The van der Waals surface area contributed by atoms with E-state index in [1.165, 1.54) is 11.8 Å². The maximum atomic E-state index is 5.81. The number of hydrogen-bond donors (Lipinski definition) is 1. The average molecular weight is 268 g/mol. The van der Waals surface area contributed by atoms with Gasteiger partial charge in [-0.25, -0.2) is 4.98 Å². The van der Waals surface area contributed by atoms with Gasteiger partial charge in [-0.05, 0) is 24.3 Å². The fourth-order valence-corrected chi connectivity index (χ4v) is 2.14. The van der Waals surface area contributed by atoms with Crippen molar-refractivity contribution in [3.8, 4) is 5.88 Å². The van der Waals surface area contributed by atoms with Gasteiger partial charge in [-0.2, -0.15) is 4.98 Å². The molecule has 0 amide bonds. The monoisotopic (exact) mass is 267 g/mol. The van der Waals surface area contributed by atoms with Gasteiger partial charge in [0.1, 0.15) is 5.03 Å². The maximum absolute atomic E-state index is 5.81. The van der Waals surface area contributed by atoms with Crippen molar-refractivity contribution in [1.82, 2.24) is 9.97 Å². The largest absolute Gasteiger partial charge is 0.481 e. The quantitative estimate of drug-likeness (QED) is 0.867. The number of nitrogens with two attached hydrogens (primary N) is 1. The maximum Gasteiger partial charge on any atom is 0.224 e. The number of nitrogens with zero attached hydrogens (tertiary/aromatic N) is 2. The fourth-order valence-electron chi connectivity index (χ4n) is 1.20. The molecule has 0 saturated heterocycles. The van der Waals surface area contributed by atoms with Gasteiger partial charge in [0.2, 0.25) is 11.8 Å². The second-order valence-corrected chi connectivity index (χ2v) is 4.69. The standard InChI is InChI=1S/C11H10ClN3OS/c1-16-9-6-10(15-11(13)14-9)17-8-4-2-7(12)3-5-8/h2-6H,1H3,(H2,13,14,15). The van der Waals surface area contributed by atoms with Crippen molar-refractivity contribution in [3.63, 3.8) is 0 Å². The van der Waals surface area contributed by atoms with Gasteiger partial charge in [0, 0.05) is 16.0 Å². The number of methoxy groups -OCH3 is 1. The molecule has 2 aromatic rings. The van der Waals surface area contributed by atoms with Crippen LogP contribution >= 0.6 is 23.4 Å². The molecule has 0 radical (unpaired) electrons. The first kappa shape index (κ1) is 12.0. The summed E-state index contributed by atoms with van der Waals surface area (Å²) < 4.78 is 5.03. The number of halogens is 1. The predicted molar refractivity (Wildman–Crippen MR) is 68.6 cm³/mol. The molecule has 0 aliphatic heterocycles. The number of aromatic nitrogens is 2. The summed E-state index contributed by atoms with van der Waals surface area (Å²) in [5, 5.41) is 1.44. The minimum Gasteiger partial charge on any atom is -0.481 e. The molecule has 0 spiro atoms. The molecule has 1 aromatic carbocycles. The second-order valence-electron chi connectivity index (χ2n) is 3.16. The summed E-state index contributed by atoms with van der Waals surface area (Å²) in [4.78, 5) is 9.06. The smallest absolute Gasteiger partial charge is 0.224 e. The van der Waals surface area contributed by atoms with Crippen LogP contribution in [-0.4, -0.2) is 17.1 Å². The third kappa shape index (κ3) is 3.25. The van der Waals surface area contributed by atoms with Crippen molar-refractivity contribution in [2.24, 2.45) is 0 Å². The van der Waals surface area contributed by atoms with Crippen LogP contribution in [0.5, 0.6) is 5.88 Å². The fraction of sp³-hybridized carbons (Fsp3) is 0.0909. The van der Waals surface area contributed by atoms with Crippen LogP contribution in [-0.2, 0) is 0 Å². The highest BCUT2D eigenvalue weighted by molar-refractivity contribution is 7.99. The zero-order chi connectivity index (χ0) is 12.3. The minimum atomic E-state index is 0.195. The zero-order valence-electron chi connectivity index (χ0n) is 9.05. The van der Waals surface area contributed by atoms with Gasteiger partial charge in [-0.1, -0.05) is 23.4 Å². The van der Waals surface area contributed by atoms with Crippen molar-refractivity contribution in [3.05, 3.63) is 35.4 Å². The minimum absolute atomic E-state index is 0.195.